The van der Waals surface area contributed by atoms with Crippen molar-refractivity contribution in [3.05, 3.63) is 0 Å². The van der Waals surface area contributed by atoms with E-state index >= 15 is 0 Å². The molecule has 0 saturated heterocycles. The highest BCUT2D eigenvalue weighted by molar-refractivity contribution is 4.96. The highest BCUT2D eigenvalue weighted by Gasteiger charge is 2.42. The fraction of sp³-hybridized carbons (Fsp3) is 1.00. The molecule has 0 aliphatic heterocycles. The van der Waals surface area contributed by atoms with Gasteiger partial charge in [0.05, 0.1) is 5.60 Å². The Morgan fingerprint density at radius 1 is 1.31 bits per heavy atom. The zero-order chi connectivity index (χ0) is 10.1. The van der Waals surface area contributed by atoms with Gasteiger partial charge in [-0.25, -0.2) is 0 Å². The lowest BCUT2D eigenvalue weighted by atomic mass is 9.73. The van der Waals surface area contributed by atoms with E-state index in [1.54, 1.807) is 0 Å². The summed E-state index contributed by atoms with van der Waals surface area (Å²) < 4.78 is 0. The van der Waals surface area contributed by atoms with E-state index in [9.17, 15) is 5.11 Å². The maximum Gasteiger partial charge on any atom is 0.0824 e. The molecule has 0 amide bonds. The number of nitrogens with zero attached hydrogens (tertiary/aromatic N) is 1. The third-order valence-corrected chi connectivity index (χ3v) is 3.50. The van der Waals surface area contributed by atoms with Crippen molar-refractivity contribution in [2.75, 3.05) is 14.1 Å². The van der Waals surface area contributed by atoms with Crippen LogP contribution < -0.4 is 0 Å². The molecular weight excluding hydrogens is 162 g/mol. The molecule has 0 spiro atoms. The Morgan fingerprint density at radius 2 is 1.92 bits per heavy atom. The largest absolute Gasteiger partial charge is 0.388 e. The number of hydrogen-bond donors (Lipinski definition) is 1. The van der Waals surface area contributed by atoms with Gasteiger partial charge in [-0.15, -0.1) is 0 Å². The monoisotopic (exact) mass is 185 g/mol. The second-order valence-corrected chi connectivity index (χ2v) is 4.87. The van der Waals surface area contributed by atoms with Gasteiger partial charge in [0.2, 0.25) is 0 Å². The molecule has 1 rings (SSSR count). The number of rotatable bonds is 2. The molecule has 1 saturated carbocycles. The molecule has 0 radical (unpaired) electrons. The topological polar surface area (TPSA) is 23.5 Å². The lowest BCUT2D eigenvalue weighted by molar-refractivity contribution is -0.0931. The van der Waals surface area contributed by atoms with Gasteiger partial charge in [-0.2, -0.15) is 0 Å². The molecule has 0 aromatic heterocycles. The van der Waals surface area contributed by atoms with Crippen LogP contribution in [0.25, 0.3) is 0 Å². The van der Waals surface area contributed by atoms with Gasteiger partial charge in [-0.1, -0.05) is 26.7 Å². The van der Waals surface area contributed by atoms with Gasteiger partial charge < -0.3 is 10.0 Å². The van der Waals surface area contributed by atoms with Gasteiger partial charge >= 0.3 is 0 Å². The maximum absolute atomic E-state index is 10.5. The first kappa shape index (κ1) is 11.0. The van der Waals surface area contributed by atoms with Crippen molar-refractivity contribution in [2.24, 2.45) is 5.92 Å². The molecular formula is C11H23NO. The van der Waals surface area contributed by atoms with E-state index in [0.717, 1.165) is 12.8 Å². The lowest BCUT2D eigenvalue weighted by Gasteiger charge is -2.46. The average Bonchev–Trinajstić information content (AvgIpc) is 2.04. The summed E-state index contributed by atoms with van der Waals surface area (Å²) in [5, 5.41) is 10.5. The van der Waals surface area contributed by atoms with Gasteiger partial charge in [-0.3, -0.25) is 0 Å². The SMILES string of the molecule is CC(C)C1(O)CCCCC1N(C)C. The quantitative estimate of drug-likeness (QED) is 0.710. The Bertz CT molecular complexity index is 167. The minimum Gasteiger partial charge on any atom is -0.388 e. The Kier molecular flexibility index (Phi) is 3.36. The van der Waals surface area contributed by atoms with E-state index in [1.165, 1.54) is 12.8 Å². The van der Waals surface area contributed by atoms with Gasteiger partial charge in [0.15, 0.2) is 0 Å². The van der Waals surface area contributed by atoms with Crippen LogP contribution in [0.5, 0.6) is 0 Å². The summed E-state index contributed by atoms with van der Waals surface area (Å²) in [5.41, 5.74) is -0.457. The first-order valence-corrected chi connectivity index (χ1v) is 5.37. The average molecular weight is 185 g/mol. The van der Waals surface area contributed by atoms with E-state index in [0.29, 0.717) is 12.0 Å². The molecule has 2 nitrogen and oxygen atoms in total. The first-order chi connectivity index (χ1) is 5.98. The van der Waals surface area contributed by atoms with Crippen LogP contribution in [-0.2, 0) is 0 Å². The highest BCUT2D eigenvalue weighted by atomic mass is 16.3. The van der Waals surface area contributed by atoms with Gasteiger partial charge in [0.25, 0.3) is 0 Å². The van der Waals surface area contributed by atoms with E-state index < -0.39 is 5.60 Å². The molecule has 0 aromatic carbocycles. The molecule has 2 heteroatoms. The predicted octanol–water partition coefficient (Wildman–Crippen LogP) is 1.88. The Labute approximate surface area is 81.9 Å². The molecule has 1 aliphatic carbocycles. The highest BCUT2D eigenvalue weighted by Crippen LogP contribution is 2.36. The zero-order valence-electron chi connectivity index (χ0n) is 9.38. The molecule has 2 atom stereocenters. The van der Waals surface area contributed by atoms with Crippen molar-refractivity contribution >= 4 is 0 Å². The molecule has 0 bridgehead atoms. The third-order valence-electron chi connectivity index (χ3n) is 3.50. The van der Waals surface area contributed by atoms with Crippen molar-refractivity contribution < 1.29 is 5.11 Å². The summed E-state index contributed by atoms with van der Waals surface area (Å²) in [7, 11) is 4.15. The van der Waals surface area contributed by atoms with Crippen molar-refractivity contribution in [2.45, 2.75) is 51.2 Å². The third kappa shape index (κ3) is 2.05. The van der Waals surface area contributed by atoms with E-state index in [-0.39, 0.29) is 0 Å². The molecule has 1 N–H and O–H groups in total. The summed E-state index contributed by atoms with van der Waals surface area (Å²) in [4.78, 5) is 2.18. The number of likely N-dealkylation sites (N-methyl/N-ethyl adjacent to an activating group) is 1. The first-order valence-electron chi connectivity index (χ1n) is 5.37. The van der Waals surface area contributed by atoms with Crippen LogP contribution in [-0.4, -0.2) is 35.7 Å². The number of hydrogen-bond acceptors (Lipinski definition) is 2. The number of aliphatic hydroxyl groups is 1. The van der Waals surface area contributed by atoms with Crippen LogP contribution in [0.2, 0.25) is 0 Å². The standard InChI is InChI=1S/C11H23NO/c1-9(2)11(13)8-6-5-7-10(11)12(3)4/h9-10,13H,5-8H2,1-4H3. The normalized spacial score (nSPS) is 35.8. The lowest BCUT2D eigenvalue weighted by Crippen LogP contribution is -2.55. The molecule has 1 aliphatic rings. The fourth-order valence-corrected chi connectivity index (χ4v) is 2.54. The second kappa shape index (κ2) is 3.97. The van der Waals surface area contributed by atoms with Crippen LogP contribution in [0.3, 0.4) is 0 Å². The van der Waals surface area contributed by atoms with E-state index in [1.807, 2.05) is 0 Å². The van der Waals surface area contributed by atoms with E-state index in [2.05, 4.69) is 32.8 Å². The van der Waals surface area contributed by atoms with Crippen LogP contribution in [0.15, 0.2) is 0 Å². The van der Waals surface area contributed by atoms with Gasteiger partial charge in [-0.05, 0) is 32.9 Å². The molecule has 78 valence electrons. The minimum atomic E-state index is -0.457. The predicted molar refractivity (Wildman–Crippen MR) is 55.7 cm³/mol. The van der Waals surface area contributed by atoms with Crippen molar-refractivity contribution in [1.82, 2.24) is 4.90 Å². The van der Waals surface area contributed by atoms with Crippen LogP contribution in [0.4, 0.5) is 0 Å². The summed E-state index contributed by atoms with van der Waals surface area (Å²) in [6.07, 6.45) is 4.55. The molecule has 1 fully saturated rings. The molecule has 13 heavy (non-hydrogen) atoms. The summed E-state index contributed by atoms with van der Waals surface area (Å²) >= 11 is 0. The zero-order valence-corrected chi connectivity index (χ0v) is 9.38. The van der Waals surface area contributed by atoms with Gasteiger partial charge in [0, 0.05) is 6.04 Å². The van der Waals surface area contributed by atoms with Crippen LogP contribution >= 0.6 is 0 Å². The summed E-state index contributed by atoms with van der Waals surface area (Å²) in [6, 6.07) is 0.348. The van der Waals surface area contributed by atoms with Gasteiger partial charge in [0.1, 0.15) is 0 Å². The van der Waals surface area contributed by atoms with Crippen LogP contribution in [0.1, 0.15) is 39.5 Å². The molecule has 2 unspecified atom stereocenters. The fourth-order valence-electron chi connectivity index (χ4n) is 2.54. The van der Waals surface area contributed by atoms with Crippen molar-refractivity contribution in [3.63, 3.8) is 0 Å². The van der Waals surface area contributed by atoms with Crippen molar-refractivity contribution in [3.8, 4) is 0 Å². The smallest absolute Gasteiger partial charge is 0.0824 e. The molecule has 0 heterocycles. The summed E-state index contributed by atoms with van der Waals surface area (Å²) in [5.74, 6) is 0.361. The Morgan fingerprint density at radius 3 is 2.31 bits per heavy atom. The minimum absolute atomic E-state index is 0.348. The van der Waals surface area contributed by atoms with Crippen molar-refractivity contribution in [1.29, 1.82) is 0 Å². The van der Waals surface area contributed by atoms with E-state index in [4.69, 9.17) is 0 Å². The second-order valence-electron chi connectivity index (χ2n) is 4.87. The maximum atomic E-state index is 10.5. The Balaban J connectivity index is 2.77. The molecule has 0 aromatic rings. The summed E-state index contributed by atoms with van der Waals surface area (Å²) in [6.45, 7) is 4.25. The van der Waals surface area contributed by atoms with Crippen LogP contribution in [0, 0.1) is 5.92 Å². The Hall–Kier alpha value is -0.0800.